The Bertz CT molecular complexity index is 573. The van der Waals surface area contributed by atoms with Crippen LogP contribution >= 0.6 is 11.6 Å². The van der Waals surface area contributed by atoms with Crippen LogP contribution in [0.4, 0.5) is 0 Å². The number of carbonyl (C=O) groups excluding carboxylic acids is 1. The zero-order valence-corrected chi connectivity index (χ0v) is 21.8. The van der Waals surface area contributed by atoms with Gasteiger partial charge in [-0.1, -0.05) is 0 Å². The summed E-state index contributed by atoms with van der Waals surface area (Å²) in [5, 5.41) is 0.690. The first kappa shape index (κ1) is 25.6. The maximum absolute atomic E-state index is 12.7. The summed E-state index contributed by atoms with van der Waals surface area (Å²) in [6, 6.07) is 7.59. The molecule has 4 heteroatoms. The molecule has 0 aliphatic rings. The van der Waals surface area contributed by atoms with Crippen LogP contribution in [-0.2, 0) is 9.53 Å². The molecule has 0 spiro atoms. The SMILES string of the molecule is CCCC[C](CCCC)(CCCC)[Sn][CH]=C(C(=O)OCC)c1ccc(Cl)cc1. The Labute approximate surface area is 187 Å². The van der Waals surface area contributed by atoms with E-state index in [-0.39, 0.29) is 5.97 Å². The van der Waals surface area contributed by atoms with Crippen LogP contribution in [0.5, 0.6) is 0 Å². The van der Waals surface area contributed by atoms with Gasteiger partial charge in [-0.15, -0.1) is 0 Å². The Morgan fingerprint density at radius 2 is 1.46 bits per heavy atom. The summed E-state index contributed by atoms with van der Waals surface area (Å²) in [4.78, 5) is 12.7. The van der Waals surface area contributed by atoms with Crippen molar-refractivity contribution in [2.75, 3.05) is 6.61 Å². The molecule has 2 radical (unpaired) electrons. The Hall–Kier alpha value is -0.481. The Morgan fingerprint density at radius 3 is 1.89 bits per heavy atom. The molecule has 0 aromatic heterocycles. The summed E-state index contributed by atoms with van der Waals surface area (Å²) in [6.45, 7) is 9.11. The van der Waals surface area contributed by atoms with Gasteiger partial charge in [0.05, 0.1) is 0 Å². The number of esters is 1. The second kappa shape index (κ2) is 14.5. The zero-order chi connectivity index (χ0) is 20.8. The normalized spacial score (nSPS) is 12.2. The van der Waals surface area contributed by atoms with Crippen molar-refractivity contribution in [2.24, 2.45) is 0 Å². The number of rotatable bonds is 14. The summed E-state index contributed by atoms with van der Waals surface area (Å²) in [7, 11) is 0. The minimum atomic E-state index is -0.943. The van der Waals surface area contributed by atoms with Gasteiger partial charge in [-0.05, 0) is 0 Å². The van der Waals surface area contributed by atoms with E-state index in [0.717, 1.165) is 11.1 Å². The number of halogens is 1. The van der Waals surface area contributed by atoms with E-state index in [1.165, 1.54) is 57.8 Å². The number of hydrogen-bond donors (Lipinski definition) is 0. The number of hydrogen-bond acceptors (Lipinski definition) is 2. The van der Waals surface area contributed by atoms with Gasteiger partial charge in [0.25, 0.3) is 0 Å². The molecule has 0 amide bonds. The standard InChI is InChI=1S/C13H27.C11H10ClO2.Sn/c1-4-7-10-13(11-8-5-2)12-9-6-3;1-3-14-11(13)8(2)9-4-6-10(12)7-5-9;/h4-12H2,1-3H3;2,4-7H,3H2,1H3;. The van der Waals surface area contributed by atoms with Crippen molar-refractivity contribution in [3.63, 3.8) is 0 Å². The fraction of sp³-hybridized carbons (Fsp3) is 0.625. The molecule has 0 atom stereocenters. The third-order valence-electron chi connectivity index (χ3n) is 5.20. The molecule has 0 N–H and O–H groups in total. The van der Waals surface area contributed by atoms with Crippen LogP contribution in [0.3, 0.4) is 0 Å². The fourth-order valence-corrected chi connectivity index (χ4v) is 8.43. The van der Waals surface area contributed by atoms with Crippen molar-refractivity contribution >= 4 is 44.3 Å². The molecule has 0 saturated heterocycles. The van der Waals surface area contributed by atoms with E-state index in [2.05, 4.69) is 24.9 Å². The van der Waals surface area contributed by atoms with Gasteiger partial charge in [0.2, 0.25) is 0 Å². The molecule has 156 valence electrons. The predicted octanol–water partition coefficient (Wildman–Crippen LogP) is 7.68. The minimum absolute atomic E-state index is 0.193. The van der Waals surface area contributed by atoms with Crippen LogP contribution in [0.15, 0.2) is 28.4 Å². The first-order chi connectivity index (χ1) is 13.5. The molecular weight excluding hydrogens is 474 g/mol. The van der Waals surface area contributed by atoms with Crippen LogP contribution in [0.2, 0.25) is 8.45 Å². The number of carbonyl (C=O) groups is 1. The molecular formula is C24H37ClO2Sn. The topological polar surface area (TPSA) is 26.3 Å². The Balaban J connectivity index is 3.20. The summed E-state index contributed by atoms with van der Waals surface area (Å²) in [5.41, 5.74) is 1.68. The van der Waals surface area contributed by atoms with Gasteiger partial charge in [-0.3, -0.25) is 0 Å². The second-order valence-corrected chi connectivity index (χ2v) is 12.6. The quantitative estimate of drug-likeness (QED) is 0.145. The van der Waals surface area contributed by atoms with Gasteiger partial charge >= 0.3 is 188 Å². The molecule has 0 unspecified atom stereocenters. The molecule has 0 heterocycles. The van der Waals surface area contributed by atoms with Crippen molar-refractivity contribution in [1.29, 1.82) is 0 Å². The predicted molar refractivity (Wildman–Crippen MR) is 123 cm³/mol. The van der Waals surface area contributed by atoms with Crippen LogP contribution < -0.4 is 0 Å². The average Bonchev–Trinajstić information content (AvgIpc) is 2.70. The summed E-state index contributed by atoms with van der Waals surface area (Å²) >= 11 is 5.11. The van der Waals surface area contributed by atoms with Crippen molar-refractivity contribution < 1.29 is 9.53 Å². The first-order valence-electron chi connectivity index (χ1n) is 10.9. The molecule has 0 fully saturated rings. The van der Waals surface area contributed by atoms with Crippen LogP contribution in [0.25, 0.3) is 5.57 Å². The average molecular weight is 512 g/mol. The van der Waals surface area contributed by atoms with Crippen LogP contribution in [-0.4, -0.2) is 33.7 Å². The van der Waals surface area contributed by atoms with Gasteiger partial charge in [0.15, 0.2) is 0 Å². The molecule has 0 aliphatic carbocycles. The third-order valence-corrected chi connectivity index (χ3v) is 10.6. The molecule has 0 bridgehead atoms. The molecule has 2 nitrogen and oxygen atoms in total. The van der Waals surface area contributed by atoms with E-state index in [9.17, 15) is 4.79 Å². The van der Waals surface area contributed by atoms with E-state index < -0.39 is 21.1 Å². The molecule has 28 heavy (non-hydrogen) atoms. The van der Waals surface area contributed by atoms with E-state index >= 15 is 0 Å². The Kier molecular flexibility index (Phi) is 13.2. The van der Waals surface area contributed by atoms with Crippen molar-refractivity contribution in [3.05, 3.63) is 38.9 Å². The monoisotopic (exact) mass is 512 g/mol. The van der Waals surface area contributed by atoms with Gasteiger partial charge < -0.3 is 0 Å². The zero-order valence-electron chi connectivity index (χ0n) is 18.2. The van der Waals surface area contributed by atoms with E-state index in [1.54, 1.807) is 0 Å². The third kappa shape index (κ3) is 8.90. The fourth-order valence-electron chi connectivity index (χ4n) is 3.46. The van der Waals surface area contributed by atoms with E-state index in [1.807, 2.05) is 31.2 Å². The van der Waals surface area contributed by atoms with Crippen LogP contribution in [0.1, 0.15) is 91.0 Å². The van der Waals surface area contributed by atoms with E-state index in [4.69, 9.17) is 16.3 Å². The van der Waals surface area contributed by atoms with Crippen molar-refractivity contribution in [2.45, 2.75) is 88.9 Å². The molecule has 1 aromatic carbocycles. The van der Waals surface area contributed by atoms with Gasteiger partial charge in [0.1, 0.15) is 0 Å². The first-order valence-corrected chi connectivity index (χ1v) is 14.4. The molecule has 1 aromatic rings. The summed E-state index contributed by atoms with van der Waals surface area (Å²) < 4.78 is 8.15. The molecule has 0 saturated carbocycles. The van der Waals surface area contributed by atoms with Crippen molar-refractivity contribution in [3.8, 4) is 0 Å². The van der Waals surface area contributed by atoms with Crippen LogP contribution in [0, 0.1) is 0 Å². The number of ether oxygens (including phenoxy) is 1. The van der Waals surface area contributed by atoms with Gasteiger partial charge in [-0.25, -0.2) is 0 Å². The molecule has 0 aliphatic heterocycles. The van der Waals surface area contributed by atoms with Crippen molar-refractivity contribution in [1.82, 2.24) is 0 Å². The number of unbranched alkanes of at least 4 members (excludes halogenated alkanes) is 3. The maximum atomic E-state index is 12.7. The second-order valence-electron chi connectivity index (χ2n) is 7.52. The molecule has 1 rings (SSSR count). The van der Waals surface area contributed by atoms with Gasteiger partial charge in [0, 0.05) is 0 Å². The van der Waals surface area contributed by atoms with E-state index in [0.29, 0.717) is 15.1 Å². The number of benzene rings is 1. The van der Waals surface area contributed by atoms with Gasteiger partial charge in [-0.2, -0.15) is 0 Å². The summed E-state index contributed by atoms with van der Waals surface area (Å²) in [5.74, 6) is -0.193. The Morgan fingerprint density at radius 1 is 0.964 bits per heavy atom. The summed E-state index contributed by atoms with van der Waals surface area (Å²) in [6.07, 6.45) is 11.5.